The van der Waals surface area contributed by atoms with Crippen LogP contribution in [0.2, 0.25) is 0 Å². The van der Waals surface area contributed by atoms with Crippen LogP contribution in [0.4, 0.5) is 0 Å². The van der Waals surface area contributed by atoms with Crippen LogP contribution in [-0.2, 0) is 16.5 Å². The molecule has 2 rings (SSSR count). The van der Waals surface area contributed by atoms with Crippen molar-refractivity contribution in [2.45, 2.75) is 56.8 Å². The van der Waals surface area contributed by atoms with Gasteiger partial charge < -0.3 is 0 Å². The normalized spacial score (nSPS) is 11.9. The van der Waals surface area contributed by atoms with Gasteiger partial charge in [0, 0.05) is 5.39 Å². The summed E-state index contributed by atoms with van der Waals surface area (Å²) in [5, 5.41) is 1.53. The second-order valence-electron chi connectivity index (χ2n) is 5.76. The van der Waals surface area contributed by atoms with Gasteiger partial charge in [0.25, 0.3) is 10.1 Å². The number of aryl methyl sites for hydroxylation is 1. The zero-order valence-electron chi connectivity index (χ0n) is 13.1. The average Bonchev–Trinajstić information content (AvgIpc) is 2.49. The SMILES string of the molecule is CCCCCCCCc1cccc2c(S(=O)(=O)O)cccc12. The molecule has 0 atom stereocenters. The van der Waals surface area contributed by atoms with Crippen LogP contribution in [0.25, 0.3) is 10.8 Å². The van der Waals surface area contributed by atoms with Gasteiger partial charge in [0.15, 0.2) is 0 Å². The maximum Gasteiger partial charge on any atom is 0.295 e. The Kier molecular flexibility index (Phi) is 5.98. The van der Waals surface area contributed by atoms with Crippen molar-refractivity contribution >= 4 is 20.9 Å². The molecule has 0 amide bonds. The van der Waals surface area contributed by atoms with Crippen molar-refractivity contribution in [3.63, 3.8) is 0 Å². The van der Waals surface area contributed by atoms with Gasteiger partial charge in [-0.3, -0.25) is 4.55 Å². The van der Waals surface area contributed by atoms with Crippen molar-refractivity contribution in [1.82, 2.24) is 0 Å². The Labute approximate surface area is 133 Å². The highest BCUT2D eigenvalue weighted by molar-refractivity contribution is 7.86. The number of benzene rings is 2. The number of fused-ring (bicyclic) bond motifs is 1. The van der Waals surface area contributed by atoms with E-state index >= 15 is 0 Å². The minimum Gasteiger partial charge on any atom is -0.282 e. The van der Waals surface area contributed by atoms with Crippen molar-refractivity contribution in [3.8, 4) is 0 Å². The van der Waals surface area contributed by atoms with E-state index in [0.29, 0.717) is 5.39 Å². The standard InChI is InChI=1S/C18H24O3S/c1-2-3-4-5-6-7-10-15-11-8-13-17-16(15)12-9-14-18(17)22(19,20)21/h8-9,11-14H,2-7,10H2,1H3,(H,19,20,21). The Morgan fingerprint density at radius 1 is 0.864 bits per heavy atom. The minimum absolute atomic E-state index is 0.00482. The van der Waals surface area contributed by atoms with Crippen molar-refractivity contribution in [2.75, 3.05) is 0 Å². The van der Waals surface area contributed by atoms with E-state index in [-0.39, 0.29) is 4.90 Å². The topological polar surface area (TPSA) is 54.4 Å². The van der Waals surface area contributed by atoms with Crippen LogP contribution < -0.4 is 0 Å². The summed E-state index contributed by atoms with van der Waals surface area (Å²) in [6.45, 7) is 2.21. The fourth-order valence-electron chi connectivity index (χ4n) is 2.88. The first-order chi connectivity index (χ1) is 10.5. The lowest BCUT2D eigenvalue weighted by Gasteiger charge is -2.09. The molecule has 0 aliphatic carbocycles. The van der Waals surface area contributed by atoms with Gasteiger partial charge in [0.1, 0.15) is 4.90 Å². The molecule has 2 aromatic rings. The van der Waals surface area contributed by atoms with Crippen LogP contribution in [0.15, 0.2) is 41.3 Å². The molecule has 1 N–H and O–H groups in total. The summed E-state index contributed by atoms with van der Waals surface area (Å²) in [5.41, 5.74) is 1.15. The molecular formula is C18H24O3S. The van der Waals surface area contributed by atoms with E-state index in [1.165, 1.54) is 38.2 Å². The highest BCUT2D eigenvalue weighted by Gasteiger charge is 2.14. The van der Waals surface area contributed by atoms with Crippen LogP contribution in [0.3, 0.4) is 0 Å². The first kappa shape index (κ1) is 17.0. The summed E-state index contributed by atoms with van der Waals surface area (Å²) in [4.78, 5) is -0.00482. The molecule has 0 aromatic heterocycles. The molecule has 0 aliphatic rings. The van der Waals surface area contributed by atoms with Crippen LogP contribution in [0, 0.1) is 0 Å². The summed E-state index contributed by atoms with van der Waals surface area (Å²) >= 11 is 0. The molecule has 22 heavy (non-hydrogen) atoms. The van der Waals surface area contributed by atoms with Gasteiger partial charge in [-0.15, -0.1) is 0 Å². The lowest BCUT2D eigenvalue weighted by molar-refractivity contribution is 0.484. The minimum atomic E-state index is -4.18. The van der Waals surface area contributed by atoms with Crippen molar-refractivity contribution < 1.29 is 13.0 Å². The Balaban J connectivity index is 2.15. The van der Waals surface area contributed by atoms with Crippen molar-refractivity contribution in [1.29, 1.82) is 0 Å². The number of unbranched alkanes of at least 4 members (excludes halogenated alkanes) is 5. The molecular weight excluding hydrogens is 296 g/mol. The van der Waals surface area contributed by atoms with Gasteiger partial charge in [0.2, 0.25) is 0 Å². The largest absolute Gasteiger partial charge is 0.295 e. The molecule has 0 saturated carbocycles. The second kappa shape index (κ2) is 7.75. The Hall–Kier alpha value is -1.39. The third-order valence-corrected chi connectivity index (χ3v) is 4.96. The maximum atomic E-state index is 11.5. The quantitative estimate of drug-likeness (QED) is 0.550. The molecule has 0 radical (unpaired) electrons. The first-order valence-corrected chi connectivity index (χ1v) is 9.46. The predicted molar refractivity (Wildman–Crippen MR) is 90.8 cm³/mol. The van der Waals surface area contributed by atoms with E-state index in [1.807, 2.05) is 18.2 Å². The molecule has 4 heteroatoms. The van der Waals surface area contributed by atoms with E-state index < -0.39 is 10.1 Å². The van der Waals surface area contributed by atoms with E-state index in [4.69, 9.17) is 0 Å². The molecule has 120 valence electrons. The van der Waals surface area contributed by atoms with Crippen molar-refractivity contribution in [2.24, 2.45) is 0 Å². The average molecular weight is 320 g/mol. The van der Waals surface area contributed by atoms with E-state index in [0.717, 1.165) is 23.8 Å². The van der Waals surface area contributed by atoms with E-state index in [9.17, 15) is 13.0 Å². The van der Waals surface area contributed by atoms with Gasteiger partial charge in [-0.2, -0.15) is 8.42 Å². The third kappa shape index (κ3) is 4.31. The smallest absolute Gasteiger partial charge is 0.282 e. The summed E-state index contributed by atoms with van der Waals surface area (Å²) in [5.74, 6) is 0. The third-order valence-electron chi connectivity index (χ3n) is 4.05. The van der Waals surface area contributed by atoms with Gasteiger partial charge in [-0.25, -0.2) is 0 Å². The number of rotatable bonds is 8. The summed E-state index contributed by atoms with van der Waals surface area (Å²) in [6, 6.07) is 10.7. The number of hydrogen-bond acceptors (Lipinski definition) is 2. The van der Waals surface area contributed by atoms with Crippen LogP contribution in [0.1, 0.15) is 51.0 Å². The summed E-state index contributed by atoms with van der Waals surface area (Å²) in [6.07, 6.45) is 8.35. The number of hydrogen-bond donors (Lipinski definition) is 1. The van der Waals surface area contributed by atoms with Crippen LogP contribution in [0.5, 0.6) is 0 Å². The summed E-state index contributed by atoms with van der Waals surface area (Å²) < 4.78 is 32.3. The van der Waals surface area contributed by atoms with E-state index in [1.54, 1.807) is 12.1 Å². The van der Waals surface area contributed by atoms with Crippen LogP contribution >= 0.6 is 0 Å². The molecule has 0 heterocycles. The fraction of sp³-hybridized carbons (Fsp3) is 0.444. The molecule has 2 aromatic carbocycles. The fourth-order valence-corrected chi connectivity index (χ4v) is 3.59. The zero-order valence-corrected chi connectivity index (χ0v) is 13.9. The highest BCUT2D eigenvalue weighted by atomic mass is 32.2. The molecule has 0 fully saturated rings. The summed E-state index contributed by atoms with van der Waals surface area (Å²) in [7, 11) is -4.18. The zero-order chi connectivity index (χ0) is 16.0. The Bertz CT molecular complexity index is 720. The molecule has 0 unspecified atom stereocenters. The Morgan fingerprint density at radius 2 is 1.50 bits per heavy atom. The van der Waals surface area contributed by atoms with Gasteiger partial charge in [0.05, 0.1) is 0 Å². The molecule has 0 spiro atoms. The lowest BCUT2D eigenvalue weighted by atomic mass is 9.99. The molecule has 0 bridgehead atoms. The maximum absolute atomic E-state index is 11.5. The monoisotopic (exact) mass is 320 g/mol. The van der Waals surface area contributed by atoms with Crippen molar-refractivity contribution in [3.05, 3.63) is 42.0 Å². The molecule has 0 aliphatic heterocycles. The van der Waals surface area contributed by atoms with Gasteiger partial charge in [-0.1, -0.05) is 69.4 Å². The van der Waals surface area contributed by atoms with E-state index in [2.05, 4.69) is 6.92 Å². The molecule has 0 saturated heterocycles. The van der Waals surface area contributed by atoms with Crippen LogP contribution in [-0.4, -0.2) is 13.0 Å². The first-order valence-electron chi connectivity index (χ1n) is 8.02. The van der Waals surface area contributed by atoms with Gasteiger partial charge in [-0.05, 0) is 29.9 Å². The molecule has 3 nitrogen and oxygen atoms in total. The second-order valence-corrected chi connectivity index (χ2v) is 7.15. The Morgan fingerprint density at radius 3 is 2.23 bits per heavy atom. The van der Waals surface area contributed by atoms with Gasteiger partial charge >= 0.3 is 0 Å². The highest BCUT2D eigenvalue weighted by Crippen LogP contribution is 2.26. The lowest BCUT2D eigenvalue weighted by Crippen LogP contribution is -1.99. The predicted octanol–water partition coefficient (Wildman–Crippen LogP) is 4.99.